The Labute approximate surface area is 181 Å². The van der Waals surface area contributed by atoms with Crippen LogP contribution in [0.2, 0.25) is 0 Å². The lowest BCUT2D eigenvalue weighted by atomic mass is 10.0. The Bertz CT molecular complexity index is 1070. The van der Waals surface area contributed by atoms with Gasteiger partial charge in [0.05, 0.1) is 11.3 Å². The van der Waals surface area contributed by atoms with E-state index in [4.69, 9.17) is 9.41 Å². The second kappa shape index (κ2) is 7.61. The van der Waals surface area contributed by atoms with Crippen LogP contribution in [-0.4, -0.2) is 26.8 Å². The maximum atomic E-state index is 14.5. The summed E-state index contributed by atoms with van der Waals surface area (Å²) in [5.41, 5.74) is 1.37. The van der Waals surface area contributed by atoms with Gasteiger partial charge in [0.25, 0.3) is 0 Å². The summed E-state index contributed by atoms with van der Waals surface area (Å²) in [4.78, 5) is 11.9. The molecule has 2 aliphatic heterocycles. The standard InChI is InChI=1S/C22H19BrFN3OS/c1-2-14-12-29-22-26-20(17-5-3-4-10-25-17)21(27(14)22)19-9-8-18(28-19)15-7-6-13(23)11-16(15)24/h3-11,14,20-21H,2,12H2,1H3. The minimum Gasteiger partial charge on any atom is -0.459 e. The number of pyridine rings is 1. The summed E-state index contributed by atoms with van der Waals surface area (Å²) >= 11 is 5.10. The number of amidine groups is 1. The number of fused-ring (bicyclic) bond motifs is 1. The molecule has 0 spiro atoms. The summed E-state index contributed by atoms with van der Waals surface area (Å²) in [5, 5.41) is 1.05. The molecule has 0 aliphatic carbocycles. The third-order valence-electron chi connectivity index (χ3n) is 5.44. The highest BCUT2D eigenvalue weighted by Crippen LogP contribution is 2.49. The van der Waals surface area contributed by atoms with Crippen LogP contribution in [0.5, 0.6) is 0 Å². The maximum Gasteiger partial charge on any atom is 0.161 e. The van der Waals surface area contributed by atoms with E-state index >= 15 is 0 Å². The molecule has 3 unspecified atom stereocenters. The van der Waals surface area contributed by atoms with Crippen molar-refractivity contribution >= 4 is 32.9 Å². The van der Waals surface area contributed by atoms with Crippen LogP contribution in [0.3, 0.4) is 0 Å². The quantitative estimate of drug-likeness (QED) is 0.452. The molecule has 7 heteroatoms. The van der Waals surface area contributed by atoms with E-state index in [0.717, 1.165) is 28.8 Å². The molecule has 0 radical (unpaired) electrons. The van der Waals surface area contributed by atoms with Gasteiger partial charge in [-0.2, -0.15) is 0 Å². The first-order valence-corrected chi connectivity index (χ1v) is 11.4. The highest BCUT2D eigenvalue weighted by atomic mass is 79.9. The normalized spacial score (nSPS) is 23.3. The fourth-order valence-electron chi connectivity index (χ4n) is 4.01. The van der Waals surface area contributed by atoms with Gasteiger partial charge in [0.15, 0.2) is 5.17 Å². The van der Waals surface area contributed by atoms with E-state index in [1.807, 2.05) is 36.4 Å². The van der Waals surface area contributed by atoms with Crippen molar-refractivity contribution in [1.29, 1.82) is 0 Å². The summed E-state index contributed by atoms with van der Waals surface area (Å²) in [5.74, 6) is 2.03. The van der Waals surface area contributed by atoms with Crippen LogP contribution in [-0.2, 0) is 0 Å². The molecular weight excluding hydrogens is 453 g/mol. The van der Waals surface area contributed by atoms with Gasteiger partial charge in [0.2, 0.25) is 0 Å². The van der Waals surface area contributed by atoms with Gasteiger partial charge in [-0.1, -0.05) is 40.7 Å². The number of halogens is 2. The number of furan rings is 1. The molecule has 0 saturated carbocycles. The lowest BCUT2D eigenvalue weighted by molar-refractivity contribution is 0.226. The fraction of sp³-hybridized carbons (Fsp3) is 0.273. The summed E-state index contributed by atoms with van der Waals surface area (Å²) in [7, 11) is 0. The Morgan fingerprint density at radius 1 is 1.24 bits per heavy atom. The molecule has 2 aliphatic rings. The van der Waals surface area contributed by atoms with E-state index in [9.17, 15) is 4.39 Å². The molecule has 29 heavy (non-hydrogen) atoms. The van der Waals surface area contributed by atoms with Crippen LogP contribution in [0.15, 0.2) is 68.6 Å². The molecule has 0 bridgehead atoms. The van der Waals surface area contributed by atoms with E-state index < -0.39 is 0 Å². The summed E-state index contributed by atoms with van der Waals surface area (Å²) < 4.78 is 21.4. The zero-order valence-electron chi connectivity index (χ0n) is 15.8. The molecule has 1 saturated heterocycles. The Hall–Kier alpha value is -2.12. The second-order valence-electron chi connectivity index (χ2n) is 7.16. The van der Waals surface area contributed by atoms with Crippen molar-refractivity contribution in [2.45, 2.75) is 31.5 Å². The number of rotatable bonds is 4. The molecule has 0 N–H and O–H groups in total. The van der Waals surface area contributed by atoms with Crippen LogP contribution in [0.1, 0.15) is 36.9 Å². The monoisotopic (exact) mass is 471 g/mol. The van der Waals surface area contributed by atoms with Gasteiger partial charge in [0, 0.05) is 22.5 Å². The van der Waals surface area contributed by atoms with Crippen LogP contribution < -0.4 is 0 Å². The number of hydrogen-bond donors (Lipinski definition) is 0. The number of nitrogens with zero attached hydrogens (tertiary/aromatic N) is 3. The lowest BCUT2D eigenvalue weighted by Gasteiger charge is -2.30. The third-order valence-corrected chi connectivity index (χ3v) is 7.06. The minimum absolute atomic E-state index is 0.0768. The molecule has 1 fully saturated rings. The number of benzene rings is 1. The Balaban J connectivity index is 1.56. The average Bonchev–Trinajstić information content (AvgIpc) is 3.43. The maximum absolute atomic E-state index is 14.5. The smallest absolute Gasteiger partial charge is 0.161 e. The summed E-state index contributed by atoms with van der Waals surface area (Å²) in [6.07, 6.45) is 2.83. The molecule has 4 heterocycles. The minimum atomic E-state index is -0.312. The highest BCUT2D eigenvalue weighted by molar-refractivity contribution is 9.10. The van der Waals surface area contributed by atoms with Crippen molar-refractivity contribution in [2.75, 3.05) is 5.75 Å². The number of aliphatic imine (C=N–C) groups is 1. The molecular formula is C22H19BrFN3OS. The van der Waals surface area contributed by atoms with Gasteiger partial charge in [-0.15, -0.1) is 0 Å². The second-order valence-corrected chi connectivity index (χ2v) is 9.07. The topological polar surface area (TPSA) is 41.6 Å². The van der Waals surface area contributed by atoms with Gasteiger partial charge in [-0.05, 0) is 48.9 Å². The van der Waals surface area contributed by atoms with E-state index in [-0.39, 0.29) is 17.9 Å². The predicted molar refractivity (Wildman–Crippen MR) is 117 cm³/mol. The van der Waals surface area contributed by atoms with Crippen molar-refractivity contribution in [1.82, 2.24) is 9.88 Å². The zero-order chi connectivity index (χ0) is 20.0. The van der Waals surface area contributed by atoms with E-state index in [1.54, 1.807) is 24.0 Å². The summed E-state index contributed by atoms with van der Waals surface area (Å²) in [6, 6.07) is 14.9. The Kier molecular flexibility index (Phi) is 4.95. The molecule has 4 nitrogen and oxygen atoms in total. The van der Waals surface area contributed by atoms with Gasteiger partial charge in [-0.25, -0.2) is 9.38 Å². The van der Waals surface area contributed by atoms with Crippen LogP contribution in [0, 0.1) is 5.82 Å². The van der Waals surface area contributed by atoms with Crippen LogP contribution >= 0.6 is 27.7 Å². The third kappa shape index (κ3) is 3.30. The SMILES string of the molecule is CCC1CSC2=NC(c3ccccn3)C(c3ccc(-c4ccc(Br)cc4F)o3)N21. The average molecular weight is 472 g/mol. The van der Waals surface area contributed by atoms with Crippen molar-refractivity contribution in [2.24, 2.45) is 4.99 Å². The van der Waals surface area contributed by atoms with Crippen molar-refractivity contribution in [3.8, 4) is 11.3 Å². The van der Waals surface area contributed by atoms with E-state index in [2.05, 4.69) is 32.7 Å². The number of thioether (sulfide) groups is 1. The Morgan fingerprint density at radius 2 is 2.14 bits per heavy atom. The van der Waals surface area contributed by atoms with Crippen molar-refractivity contribution < 1.29 is 8.81 Å². The van der Waals surface area contributed by atoms with Crippen molar-refractivity contribution in [3.63, 3.8) is 0 Å². The van der Waals surface area contributed by atoms with E-state index in [0.29, 0.717) is 21.8 Å². The predicted octanol–water partition coefficient (Wildman–Crippen LogP) is 6.22. The summed E-state index contributed by atoms with van der Waals surface area (Å²) in [6.45, 7) is 2.20. The zero-order valence-corrected chi connectivity index (χ0v) is 18.2. The Morgan fingerprint density at radius 3 is 2.90 bits per heavy atom. The van der Waals surface area contributed by atoms with Gasteiger partial charge in [-0.3, -0.25) is 4.98 Å². The molecule has 5 rings (SSSR count). The fourth-order valence-corrected chi connectivity index (χ4v) is 5.68. The first kappa shape index (κ1) is 18.9. The number of hydrogen-bond acceptors (Lipinski definition) is 5. The number of aromatic nitrogens is 1. The van der Waals surface area contributed by atoms with Gasteiger partial charge in [0.1, 0.15) is 29.4 Å². The molecule has 3 aromatic rings. The lowest BCUT2D eigenvalue weighted by Crippen LogP contribution is -2.35. The van der Waals surface area contributed by atoms with E-state index in [1.165, 1.54) is 6.07 Å². The molecule has 1 aromatic carbocycles. The molecule has 2 aromatic heterocycles. The molecule has 3 atom stereocenters. The van der Waals surface area contributed by atoms with Crippen LogP contribution in [0.4, 0.5) is 4.39 Å². The highest BCUT2D eigenvalue weighted by Gasteiger charge is 2.46. The first-order valence-electron chi connectivity index (χ1n) is 9.60. The molecule has 148 valence electrons. The largest absolute Gasteiger partial charge is 0.459 e. The molecule has 0 amide bonds. The van der Waals surface area contributed by atoms with Gasteiger partial charge >= 0.3 is 0 Å². The first-order chi connectivity index (χ1) is 14.2. The van der Waals surface area contributed by atoms with Crippen molar-refractivity contribution in [3.05, 3.63) is 76.5 Å². The van der Waals surface area contributed by atoms with Crippen LogP contribution in [0.25, 0.3) is 11.3 Å². The van der Waals surface area contributed by atoms with Gasteiger partial charge < -0.3 is 9.32 Å².